The van der Waals surface area contributed by atoms with E-state index >= 15 is 0 Å². The van der Waals surface area contributed by atoms with Crippen molar-refractivity contribution in [2.24, 2.45) is 5.73 Å². The molecule has 8 nitrogen and oxygen atoms in total. The molecule has 0 aliphatic rings. The van der Waals surface area contributed by atoms with Crippen molar-refractivity contribution in [1.29, 1.82) is 0 Å². The molecule has 0 bridgehead atoms. The van der Waals surface area contributed by atoms with E-state index in [0.717, 1.165) is 11.1 Å². The molecule has 156 valence electrons. The van der Waals surface area contributed by atoms with Crippen molar-refractivity contribution in [2.45, 2.75) is 24.4 Å². The number of benzene rings is 2. The van der Waals surface area contributed by atoms with Gasteiger partial charge in [0.05, 0.1) is 17.2 Å². The first-order valence-corrected chi connectivity index (χ1v) is 10.8. The molecule has 0 saturated heterocycles. The number of hydrogen-bond donors (Lipinski definition) is 1. The van der Waals surface area contributed by atoms with Gasteiger partial charge in [-0.3, -0.25) is 15.1 Å². The molecule has 30 heavy (non-hydrogen) atoms. The molecule has 2 N–H and O–H groups in total. The smallest absolute Gasteiger partial charge is 0.289 e. The average Bonchev–Trinajstić information content (AvgIpc) is 2.74. The van der Waals surface area contributed by atoms with Gasteiger partial charge < -0.3 is 5.73 Å². The van der Waals surface area contributed by atoms with Gasteiger partial charge in [-0.2, -0.15) is 4.31 Å². The second kappa shape index (κ2) is 9.57. The standard InChI is InChI=1S/C21H22N4O4S/c22-12-11-17-6-5-7-18(14-17)15-24(16-19-8-3-4-13-23-19)30(28,29)21-10-2-1-9-20(21)25(26)27/h1-10,13-14H,11-12,15-16,22H2. The summed E-state index contributed by atoms with van der Waals surface area (Å²) in [6.07, 6.45) is 2.25. The lowest BCUT2D eigenvalue weighted by Crippen LogP contribution is -2.31. The van der Waals surface area contributed by atoms with E-state index in [0.29, 0.717) is 18.7 Å². The fraction of sp³-hybridized carbons (Fsp3) is 0.190. The zero-order chi connectivity index (χ0) is 21.6. The van der Waals surface area contributed by atoms with Gasteiger partial charge in [0.25, 0.3) is 15.7 Å². The topological polar surface area (TPSA) is 119 Å². The summed E-state index contributed by atoms with van der Waals surface area (Å²) in [5.41, 5.74) is 7.47. The molecule has 0 aliphatic carbocycles. The summed E-state index contributed by atoms with van der Waals surface area (Å²) in [6, 6.07) is 18.1. The minimum Gasteiger partial charge on any atom is -0.330 e. The largest absolute Gasteiger partial charge is 0.330 e. The molecule has 0 radical (unpaired) electrons. The number of nitrogens with zero attached hydrogens (tertiary/aromatic N) is 3. The fourth-order valence-corrected chi connectivity index (χ4v) is 4.67. The van der Waals surface area contributed by atoms with E-state index in [4.69, 9.17) is 5.73 Å². The maximum absolute atomic E-state index is 13.5. The number of rotatable bonds is 9. The molecule has 2 aromatic carbocycles. The second-order valence-electron chi connectivity index (χ2n) is 6.68. The number of sulfonamides is 1. The minimum atomic E-state index is -4.17. The van der Waals surface area contributed by atoms with Crippen LogP contribution in [0.25, 0.3) is 0 Å². The summed E-state index contributed by atoms with van der Waals surface area (Å²) in [7, 11) is -4.17. The molecular weight excluding hydrogens is 404 g/mol. The van der Waals surface area contributed by atoms with Crippen LogP contribution in [-0.4, -0.2) is 29.2 Å². The van der Waals surface area contributed by atoms with E-state index < -0.39 is 20.6 Å². The van der Waals surface area contributed by atoms with Crippen molar-refractivity contribution in [3.05, 3.63) is 99.9 Å². The summed E-state index contributed by atoms with van der Waals surface area (Å²) < 4.78 is 28.1. The number of pyridine rings is 1. The van der Waals surface area contributed by atoms with Crippen LogP contribution < -0.4 is 5.73 Å². The zero-order valence-electron chi connectivity index (χ0n) is 16.2. The quantitative estimate of drug-likeness (QED) is 0.415. The average molecular weight is 426 g/mol. The Hall–Kier alpha value is -3.14. The molecule has 3 rings (SSSR count). The number of nitro benzene ring substituents is 1. The van der Waals surface area contributed by atoms with Crippen LogP contribution in [-0.2, 0) is 29.5 Å². The number of aromatic nitrogens is 1. The zero-order valence-corrected chi connectivity index (χ0v) is 17.0. The molecule has 0 fully saturated rings. The first kappa shape index (κ1) is 21.6. The third kappa shape index (κ3) is 5.07. The van der Waals surface area contributed by atoms with Crippen LogP contribution >= 0.6 is 0 Å². The van der Waals surface area contributed by atoms with Crippen LogP contribution in [0.2, 0.25) is 0 Å². The van der Waals surface area contributed by atoms with E-state index in [9.17, 15) is 18.5 Å². The van der Waals surface area contributed by atoms with Gasteiger partial charge in [-0.1, -0.05) is 42.5 Å². The van der Waals surface area contributed by atoms with Gasteiger partial charge in [0, 0.05) is 18.8 Å². The Bertz CT molecular complexity index is 1120. The normalized spacial score (nSPS) is 11.5. The lowest BCUT2D eigenvalue weighted by atomic mass is 10.1. The van der Waals surface area contributed by atoms with Crippen molar-refractivity contribution in [3.63, 3.8) is 0 Å². The monoisotopic (exact) mass is 426 g/mol. The summed E-state index contributed by atoms with van der Waals surface area (Å²) >= 11 is 0. The van der Waals surface area contributed by atoms with Crippen LogP contribution in [0, 0.1) is 10.1 Å². The molecule has 3 aromatic rings. The first-order valence-electron chi connectivity index (χ1n) is 9.33. The molecule has 9 heteroatoms. The molecule has 0 amide bonds. The summed E-state index contributed by atoms with van der Waals surface area (Å²) in [4.78, 5) is 14.6. The van der Waals surface area contributed by atoms with Crippen LogP contribution in [0.1, 0.15) is 16.8 Å². The Morgan fingerprint density at radius 1 is 0.967 bits per heavy atom. The van der Waals surface area contributed by atoms with Crippen molar-refractivity contribution >= 4 is 15.7 Å². The maximum Gasteiger partial charge on any atom is 0.289 e. The minimum absolute atomic E-state index is 0.0175. The van der Waals surface area contributed by atoms with Crippen LogP contribution in [0.15, 0.2) is 77.8 Å². The molecule has 0 atom stereocenters. The van der Waals surface area contributed by atoms with Crippen molar-refractivity contribution < 1.29 is 13.3 Å². The third-order valence-corrected chi connectivity index (χ3v) is 6.37. The van der Waals surface area contributed by atoms with E-state index in [-0.39, 0.29) is 18.0 Å². The lowest BCUT2D eigenvalue weighted by molar-refractivity contribution is -0.387. The van der Waals surface area contributed by atoms with Crippen LogP contribution in [0.5, 0.6) is 0 Å². The fourth-order valence-electron chi connectivity index (χ4n) is 3.12. The van der Waals surface area contributed by atoms with Gasteiger partial charge in [-0.25, -0.2) is 8.42 Å². The summed E-state index contributed by atoms with van der Waals surface area (Å²) in [6.45, 7) is 0.509. The number of nitrogens with two attached hydrogens (primary N) is 1. The second-order valence-corrected chi connectivity index (χ2v) is 8.58. The number of hydrogen-bond acceptors (Lipinski definition) is 6. The van der Waals surface area contributed by atoms with E-state index in [1.165, 1.54) is 28.6 Å². The Morgan fingerprint density at radius 3 is 2.40 bits per heavy atom. The summed E-state index contributed by atoms with van der Waals surface area (Å²) in [5.74, 6) is 0. The highest BCUT2D eigenvalue weighted by Gasteiger charge is 2.31. The maximum atomic E-state index is 13.5. The molecule has 0 unspecified atom stereocenters. The molecule has 0 saturated carbocycles. The van der Waals surface area contributed by atoms with E-state index in [2.05, 4.69) is 4.98 Å². The Balaban J connectivity index is 2.03. The van der Waals surface area contributed by atoms with Gasteiger partial charge in [0.1, 0.15) is 0 Å². The van der Waals surface area contributed by atoms with Crippen LogP contribution in [0.3, 0.4) is 0 Å². The highest BCUT2D eigenvalue weighted by molar-refractivity contribution is 7.89. The molecule has 1 heterocycles. The third-order valence-electron chi connectivity index (χ3n) is 4.53. The molecule has 0 aliphatic heterocycles. The van der Waals surface area contributed by atoms with Gasteiger partial charge >= 0.3 is 0 Å². The van der Waals surface area contributed by atoms with Gasteiger partial charge in [-0.15, -0.1) is 0 Å². The Kier molecular flexibility index (Phi) is 6.88. The highest BCUT2D eigenvalue weighted by Crippen LogP contribution is 2.28. The predicted molar refractivity (Wildman–Crippen MR) is 113 cm³/mol. The molecular formula is C21H22N4O4S. The Labute approximate surface area is 175 Å². The first-order chi connectivity index (χ1) is 14.4. The highest BCUT2D eigenvalue weighted by atomic mass is 32.2. The predicted octanol–water partition coefficient (Wildman–Crippen LogP) is 2.88. The van der Waals surface area contributed by atoms with Crippen LogP contribution in [0.4, 0.5) is 5.69 Å². The number of nitro groups is 1. The van der Waals surface area contributed by atoms with Crippen molar-refractivity contribution in [3.8, 4) is 0 Å². The lowest BCUT2D eigenvalue weighted by Gasteiger charge is -2.22. The SMILES string of the molecule is NCCc1cccc(CN(Cc2ccccn2)S(=O)(=O)c2ccccc2[N+](=O)[O-])c1. The van der Waals surface area contributed by atoms with E-state index in [1.807, 2.05) is 24.3 Å². The van der Waals surface area contributed by atoms with Gasteiger partial charge in [0.2, 0.25) is 0 Å². The molecule has 0 spiro atoms. The Morgan fingerprint density at radius 2 is 1.70 bits per heavy atom. The van der Waals surface area contributed by atoms with Crippen molar-refractivity contribution in [2.75, 3.05) is 6.54 Å². The van der Waals surface area contributed by atoms with Crippen molar-refractivity contribution in [1.82, 2.24) is 9.29 Å². The summed E-state index contributed by atoms with van der Waals surface area (Å²) in [5, 5.41) is 11.4. The van der Waals surface area contributed by atoms with Gasteiger partial charge in [0.15, 0.2) is 4.90 Å². The number of para-hydroxylation sites is 1. The van der Waals surface area contributed by atoms with Gasteiger partial charge in [-0.05, 0) is 42.3 Å². The van der Waals surface area contributed by atoms with E-state index in [1.54, 1.807) is 24.4 Å². The molecule has 1 aromatic heterocycles.